The summed E-state index contributed by atoms with van der Waals surface area (Å²) < 4.78 is 63.5. The first kappa shape index (κ1) is 29.4. The van der Waals surface area contributed by atoms with Crippen molar-refractivity contribution in [1.29, 1.82) is 0 Å². The van der Waals surface area contributed by atoms with Crippen molar-refractivity contribution in [3.8, 4) is 17.2 Å². The molecule has 222 valence electrons. The van der Waals surface area contributed by atoms with Gasteiger partial charge in [-0.15, -0.1) is 0 Å². The summed E-state index contributed by atoms with van der Waals surface area (Å²) in [5.41, 5.74) is -0.967. The van der Waals surface area contributed by atoms with Crippen LogP contribution in [-0.2, 0) is 16.4 Å². The Kier molecular flexibility index (Phi) is 7.71. The number of halogens is 2. The summed E-state index contributed by atoms with van der Waals surface area (Å²) >= 11 is 0. The lowest BCUT2D eigenvalue weighted by Gasteiger charge is -2.15. The van der Waals surface area contributed by atoms with E-state index in [0.29, 0.717) is 5.52 Å². The molecular weight excluding hydrogens is 584 g/mol. The van der Waals surface area contributed by atoms with Crippen molar-refractivity contribution in [2.24, 2.45) is 0 Å². The monoisotopic (exact) mass is 609 g/mol. The fraction of sp³-hybridized carbons (Fsp3) is 0.172. The molecule has 14 heteroatoms. The molecule has 0 atom stereocenters. The first-order valence-electron chi connectivity index (χ1n) is 12.9. The summed E-state index contributed by atoms with van der Waals surface area (Å²) in [6.45, 7) is 3.40. The smallest absolute Gasteiger partial charge is 0.335 e. The van der Waals surface area contributed by atoms with E-state index in [9.17, 15) is 27.2 Å². The lowest BCUT2D eigenvalue weighted by Crippen LogP contribution is -2.42. The van der Waals surface area contributed by atoms with Crippen LogP contribution in [0.2, 0.25) is 0 Å². The molecule has 3 aromatic heterocycles. The molecular formula is C29H25F2N5O6S. The maximum atomic E-state index is 15.2. The van der Waals surface area contributed by atoms with Gasteiger partial charge in [-0.05, 0) is 61.9 Å². The van der Waals surface area contributed by atoms with Crippen LogP contribution < -0.4 is 20.7 Å². The van der Waals surface area contributed by atoms with Crippen molar-refractivity contribution in [2.45, 2.75) is 26.3 Å². The normalized spacial score (nSPS) is 11.7. The Bertz CT molecular complexity index is 2100. The first-order chi connectivity index (χ1) is 20.3. The number of benzene rings is 2. The third-order valence-electron chi connectivity index (χ3n) is 6.41. The van der Waals surface area contributed by atoms with Gasteiger partial charge in [-0.2, -0.15) is 5.10 Å². The SMILES string of the molecule is CC(C)n1cc(C(=O)Cc2ccc(Oc3cc(NS(C)(=O)=O)cn4nccc34)c(F)c2)c(=O)n(-c2ccc(F)cc2)c1=O. The lowest BCUT2D eigenvalue weighted by molar-refractivity contribution is 0.0990. The molecule has 0 unspecified atom stereocenters. The molecule has 0 radical (unpaired) electrons. The highest BCUT2D eigenvalue weighted by atomic mass is 32.2. The third-order valence-corrected chi connectivity index (χ3v) is 7.02. The van der Waals surface area contributed by atoms with E-state index >= 15 is 4.39 Å². The van der Waals surface area contributed by atoms with Crippen LogP contribution >= 0.6 is 0 Å². The van der Waals surface area contributed by atoms with Gasteiger partial charge < -0.3 is 4.74 Å². The molecule has 1 N–H and O–H groups in total. The Morgan fingerprint density at radius 3 is 2.37 bits per heavy atom. The molecule has 0 aliphatic carbocycles. The number of pyridine rings is 1. The van der Waals surface area contributed by atoms with Crippen molar-refractivity contribution in [3.63, 3.8) is 0 Å². The van der Waals surface area contributed by atoms with Crippen molar-refractivity contribution in [2.75, 3.05) is 11.0 Å². The van der Waals surface area contributed by atoms with E-state index in [1.54, 1.807) is 19.9 Å². The highest BCUT2D eigenvalue weighted by Gasteiger charge is 2.21. The molecule has 3 heterocycles. The van der Waals surface area contributed by atoms with Gasteiger partial charge in [0.15, 0.2) is 23.1 Å². The number of carbonyl (C=O) groups excluding carboxylic acids is 1. The molecule has 0 spiro atoms. The van der Waals surface area contributed by atoms with Crippen LogP contribution in [0.15, 0.2) is 82.8 Å². The number of fused-ring (bicyclic) bond motifs is 1. The van der Waals surface area contributed by atoms with Crippen molar-refractivity contribution in [3.05, 3.63) is 117 Å². The van der Waals surface area contributed by atoms with Gasteiger partial charge >= 0.3 is 5.69 Å². The minimum atomic E-state index is -3.61. The minimum Gasteiger partial charge on any atom is -0.452 e. The van der Waals surface area contributed by atoms with Gasteiger partial charge in [0.2, 0.25) is 10.0 Å². The van der Waals surface area contributed by atoms with Crippen LogP contribution in [-0.4, -0.2) is 39.2 Å². The van der Waals surface area contributed by atoms with Crippen LogP contribution in [0.4, 0.5) is 14.5 Å². The first-order valence-corrected chi connectivity index (χ1v) is 14.8. The third kappa shape index (κ3) is 6.23. The predicted octanol–water partition coefficient (Wildman–Crippen LogP) is 4.10. The Hall–Kier alpha value is -5.11. The number of hydrogen-bond donors (Lipinski definition) is 1. The number of rotatable bonds is 9. The van der Waals surface area contributed by atoms with Gasteiger partial charge in [-0.1, -0.05) is 6.07 Å². The van der Waals surface area contributed by atoms with Gasteiger partial charge in [0, 0.05) is 24.7 Å². The molecule has 0 aliphatic heterocycles. The van der Waals surface area contributed by atoms with Crippen LogP contribution in [0.25, 0.3) is 11.2 Å². The zero-order valence-electron chi connectivity index (χ0n) is 23.1. The van der Waals surface area contributed by atoms with Gasteiger partial charge in [0.05, 0.1) is 30.0 Å². The largest absolute Gasteiger partial charge is 0.452 e. The van der Waals surface area contributed by atoms with Crippen molar-refractivity contribution >= 4 is 27.0 Å². The topological polar surface area (TPSA) is 134 Å². The summed E-state index contributed by atoms with van der Waals surface area (Å²) in [7, 11) is -3.61. The van der Waals surface area contributed by atoms with Crippen LogP contribution in [0.3, 0.4) is 0 Å². The fourth-order valence-electron chi connectivity index (χ4n) is 4.44. The maximum absolute atomic E-state index is 15.2. The molecule has 0 saturated carbocycles. The molecule has 0 amide bonds. The molecule has 43 heavy (non-hydrogen) atoms. The summed E-state index contributed by atoms with van der Waals surface area (Å²) in [5.74, 6) is -2.13. The number of nitrogens with zero attached hydrogens (tertiary/aromatic N) is 4. The summed E-state index contributed by atoms with van der Waals surface area (Å²) in [5, 5.41) is 4.07. The number of nitrogens with one attached hydrogen (secondary N) is 1. The minimum absolute atomic E-state index is 0.0936. The summed E-state index contributed by atoms with van der Waals surface area (Å²) in [6.07, 6.45) is 4.69. The molecule has 2 aromatic carbocycles. The average molecular weight is 610 g/mol. The average Bonchev–Trinajstić information content (AvgIpc) is 3.39. The molecule has 0 bridgehead atoms. The van der Waals surface area contributed by atoms with Crippen molar-refractivity contribution < 1.29 is 26.7 Å². The van der Waals surface area contributed by atoms with Crippen molar-refractivity contribution in [1.82, 2.24) is 18.7 Å². The van der Waals surface area contributed by atoms with E-state index in [4.69, 9.17) is 4.74 Å². The van der Waals surface area contributed by atoms with E-state index in [2.05, 4.69) is 9.82 Å². The van der Waals surface area contributed by atoms with E-state index in [1.165, 1.54) is 58.0 Å². The number of hydrogen-bond acceptors (Lipinski definition) is 7. The van der Waals surface area contributed by atoms with Gasteiger partial charge in [-0.25, -0.2) is 31.1 Å². The van der Waals surface area contributed by atoms with Crippen LogP contribution in [0.1, 0.15) is 35.8 Å². The van der Waals surface area contributed by atoms with Crippen LogP contribution in [0.5, 0.6) is 11.5 Å². The van der Waals surface area contributed by atoms with E-state index < -0.39 is 44.7 Å². The Morgan fingerprint density at radius 1 is 1.00 bits per heavy atom. The molecule has 0 fully saturated rings. The molecule has 11 nitrogen and oxygen atoms in total. The number of ketones is 1. The van der Waals surface area contributed by atoms with Gasteiger partial charge in [-0.3, -0.25) is 18.9 Å². The zero-order chi connectivity index (χ0) is 31.1. The fourth-order valence-corrected chi connectivity index (χ4v) is 4.98. The predicted molar refractivity (Wildman–Crippen MR) is 155 cm³/mol. The second-order valence-electron chi connectivity index (χ2n) is 10.0. The van der Waals surface area contributed by atoms with Gasteiger partial charge in [0.25, 0.3) is 5.56 Å². The second kappa shape index (κ2) is 11.3. The second-order valence-corrected chi connectivity index (χ2v) is 11.8. The molecule has 5 rings (SSSR count). The number of carbonyl (C=O) groups is 1. The van der Waals surface area contributed by atoms with E-state index in [0.717, 1.165) is 29.0 Å². The standard InChI is InChI=1S/C29H25F2N5O6S/c1-17(2)34-16-22(28(38)36(29(34)39)21-7-5-19(30)6-8-21)25(37)13-18-4-9-26(23(31)12-18)42-27-14-20(33-43(3,40)41)15-35-24(27)10-11-32-35/h4-12,14-17,33H,13H2,1-3H3. The van der Waals surface area contributed by atoms with E-state index in [-0.39, 0.29) is 40.4 Å². The number of sulfonamides is 1. The molecule has 0 saturated heterocycles. The number of ether oxygens (including phenoxy) is 1. The summed E-state index contributed by atoms with van der Waals surface area (Å²) in [6, 6.07) is 11.1. The highest BCUT2D eigenvalue weighted by molar-refractivity contribution is 7.92. The van der Waals surface area contributed by atoms with Crippen LogP contribution in [0, 0.1) is 11.6 Å². The van der Waals surface area contributed by atoms with E-state index in [1.807, 2.05) is 0 Å². The van der Waals surface area contributed by atoms with Gasteiger partial charge in [0.1, 0.15) is 16.9 Å². The highest BCUT2D eigenvalue weighted by Crippen LogP contribution is 2.31. The molecule has 5 aromatic rings. The maximum Gasteiger partial charge on any atom is 0.335 e. The Labute approximate surface area is 243 Å². The number of aromatic nitrogens is 4. The Balaban J connectivity index is 1.45. The molecule has 0 aliphatic rings. The summed E-state index contributed by atoms with van der Waals surface area (Å²) in [4.78, 5) is 39.7. The number of Topliss-reactive ketones (excluding diaryl/α,β-unsaturated/α-hetero) is 1. The lowest BCUT2D eigenvalue weighted by atomic mass is 10.0. The quantitative estimate of drug-likeness (QED) is 0.249. The zero-order valence-corrected chi connectivity index (χ0v) is 23.9. The Morgan fingerprint density at radius 2 is 1.72 bits per heavy atom. The number of anilines is 1.